The number of amides is 4. The number of aromatic nitrogens is 2. The number of para-hydroxylation sites is 2. The Morgan fingerprint density at radius 2 is 2.10 bits per heavy atom. The van der Waals surface area contributed by atoms with Gasteiger partial charge in [-0.15, -0.1) is 0 Å². The van der Waals surface area contributed by atoms with Crippen LogP contribution in [-0.2, 0) is 16.1 Å². The third-order valence-electron chi connectivity index (χ3n) is 6.31. The molecule has 1 aliphatic heterocycles. The third kappa shape index (κ3) is 3.36. The van der Waals surface area contributed by atoms with Crippen molar-refractivity contribution >= 4 is 28.9 Å². The largest absolute Gasteiger partial charge is 0.353 e. The fraction of sp³-hybridized carbons (Fsp3) is 0.524. The van der Waals surface area contributed by atoms with Crippen molar-refractivity contribution in [2.75, 3.05) is 13.1 Å². The minimum Gasteiger partial charge on any atom is -0.353 e. The smallest absolute Gasteiger partial charge is 0.325 e. The van der Waals surface area contributed by atoms with Gasteiger partial charge in [0.1, 0.15) is 17.9 Å². The van der Waals surface area contributed by atoms with Crippen LogP contribution in [0.3, 0.4) is 0 Å². The number of rotatable bonds is 5. The summed E-state index contributed by atoms with van der Waals surface area (Å²) in [6.45, 7) is 4.64. The fourth-order valence-corrected chi connectivity index (χ4v) is 4.62. The first-order chi connectivity index (χ1) is 13.9. The summed E-state index contributed by atoms with van der Waals surface area (Å²) < 4.78 is 2.04. The molecule has 1 saturated carbocycles. The number of fused-ring (bicyclic) bond motifs is 1. The van der Waals surface area contributed by atoms with Crippen LogP contribution in [0, 0.1) is 12.8 Å². The normalized spacial score (nSPS) is 24.3. The molecule has 2 N–H and O–H groups in total. The van der Waals surface area contributed by atoms with Gasteiger partial charge in [0.15, 0.2) is 0 Å². The Labute approximate surface area is 169 Å². The van der Waals surface area contributed by atoms with Crippen molar-refractivity contribution in [3.8, 4) is 0 Å². The van der Waals surface area contributed by atoms with Crippen molar-refractivity contribution in [2.45, 2.75) is 51.6 Å². The van der Waals surface area contributed by atoms with Crippen molar-refractivity contribution in [2.24, 2.45) is 5.92 Å². The average molecular weight is 397 g/mol. The Bertz CT molecular complexity index is 968. The van der Waals surface area contributed by atoms with Crippen LogP contribution in [0.4, 0.5) is 4.79 Å². The Morgan fingerprint density at radius 1 is 1.31 bits per heavy atom. The number of hydrogen-bond acceptors (Lipinski definition) is 4. The molecule has 1 saturated heterocycles. The second-order valence-corrected chi connectivity index (χ2v) is 8.09. The molecule has 8 nitrogen and oxygen atoms in total. The van der Waals surface area contributed by atoms with Crippen LogP contribution in [0.1, 0.15) is 38.4 Å². The van der Waals surface area contributed by atoms with Crippen molar-refractivity contribution in [1.82, 2.24) is 25.1 Å². The lowest BCUT2D eigenvalue weighted by Gasteiger charge is -2.36. The highest BCUT2D eigenvalue weighted by Crippen LogP contribution is 2.38. The van der Waals surface area contributed by atoms with E-state index >= 15 is 0 Å². The van der Waals surface area contributed by atoms with E-state index in [1.165, 1.54) is 0 Å². The van der Waals surface area contributed by atoms with E-state index in [4.69, 9.17) is 0 Å². The lowest BCUT2D eigenvalue weighted by Crippen LogP contribution is -2.54. The molecule has 1 aromatic carbocycles. The molecular weight excluding hydrogens is 370 g/mol. The number of imidazole rings is 1. The maximum atomic E-state index is 12.9. The lowest BCUT2D eigenvalue weighted by atomic mass is 9.73. The number of nitrogens with one attached hydrogen (secondary N) is 2. The van der Waals surface area contributed by atoms with E-state index in [1.54, 1.807) is 0 Å². The van der Waals surface area contributed by atoms with Crippen molar-refractivity contribution in [3.63, 3.8) is 0 Å². The summed E-state index contributed by atoms with van der Waals surface area (Å²) >= 11 is 0. The van der Waals surface area contributed by atoms with Gasteiger partial charge in [0.05, 0.1) is 11.0 Å². The SMILES string of the molecule is Cc1nc2ccccc2n1CCNC(=O)CN1C(=O)N[C@]2(CCCC[C@H]2C)C1=O. The van der Waals surface area contributed by atoms with Gasteiger partial charge in [0.25, 0.3) is 5.91 Å². The molecule has 0 bridgehead atoms. The van der Waals surface area contributed by atoms with Gasteiger partial charge in [-0.2, -0.15) is 0 Å². The highest BCUT2D eigenvalue weighted by Gasteiger charge is 2.55. The maximum absolute atomic E-state index is 12.9. The third-order valence-corrected chi connectivity index (χ3v) is 6.31. The van der Waals surface area contributed by atoms with Crippen LogP contribution in [-0.4, -0.2) is 50.9 Å². The van der Waals surface area contributed by atoms with Crippen molar-refractivity contribution in [3.05, 3.63) is 30.1 Å². The minimum absolute atomic E-state index is 0.0817. The predicted octanol–water partition coefficient (Wildman–Crippen LogP) is 1.96. The summed E-state index contributed by atoms with van der Waals surface area (Å²) in [6.07, 6.45) is 3.53. The second-order valence-electron chi connectivity index (χ2n) is 8.09. The van der Waals surface area contributed by atoms with Crippen LogP contribution < -0.4 is 10.6 Å². The average Bonchev–Trinajstić information content (AvgIpc) is 3.13. The van der Waals surface area contributed by atoms with Gasteiger partial charge in [-0.3, -0.25) is 14.5 Å². The standard InChI is InChI=1S/C21H27N5O3/c1-14-7-5-6-10-21(14)19(28)26(20(29)24-21)13-18(27)22-11-12-25-15(2)23-16-8-3-4-9-17(16)25/h3-4,8-9,14H,5-7,10-13H2,1-2H3,(H,22,27)(H,24,29)/t14-,21+/m1/s1. The van der Waals surface area contributed by atoms with Crippen LogP contribution in [0.5, 0.6) is 0 Å². The number of urea groups is 1. The summed E-state index contributed by atoms with van der Waals surface area (Å²) in [5.74, 6) is 0.360. The van der Waals surface area contributed by atoms with Gasteiger partial charge in [0, 0.05) is 13.1 Å². The molecule has 1 spiro atoms. The first-order valence-corrected chi connectivity index (χ1v) is 10.2. The molecule has 2 aliphatic rings. The monoisotopic (exact) mass is 397 g/mol. The maximum Gasteiger partial charge on any atom is 0.325 e. The summed E-state index contributed by atoms with van der Waals surface area (Å²) in [4.78, 5) is 43.3. The quantitative estimate of drug-likeness (QED) is 0.754. The minimum atomic E-state index is -0.831. The van der Waals surface area contributed by atoms with Crippen LogP contribution in [0.2, 0.25) is 0 Å². The topological polar surface area (TPSA) is 96.3 Å². The van der Waals surface area contributed by atoms with E-state index < -0.39 is 11.6 Å². The Balaban J connectivity index is 1.36. The molecule has 2 fully saturated rings. The Hall–Kier alpha value is -2.90. The highest BCUT2D eigenvalue weighted by molar-refractivity contribution is 6.09. The molecular formula is C21H27N5O3. The molecule has 1 aliphatic carbocycles. The van der Waals surface area contributed by atoms with E-state index in [-0.39, 0.29) is 24.3 Å². The lowest BCUT2D eigenvalue weighted by molar-refractivity contribution is -0.137. The number of carbonyl (C=O) groups is 3. The van der Waals surface area contributed by atoms with Crippen LogP contribution >= 0.6 is 0 Å². The number of benzene rings is 1. The first kappa shape index (κ1) is 19.4. The summed E-state index contributed by atoms with van der Waals surface area (Å²) in [6, 6.07) is 7.39. The number of aryl methyl sites for hydroxylation is 1. The zero-order valence-electron chi connectivity index (χ0n) is 16.9. The van der Waals surface area contributed by atoms with Crippen molar-refractivity contribution in [1.29, 1.82) is 0 Å². The van der Waals surface area contributed by atoms with E-state index in [1.807, 2.05) is 42.7 Å². The second kappa shape index (κ2) is 7.50. The number of carbonyl (C=O) groups excluding carboxylic acids is 3. The zero-order valence-corrected chi connectivity index (χ0v) is 16.9. The number of hydrogen-bond donors (Lipinski definition) is 2. The Kier molecular flexibility index (Phi) is 5.02. The first-order valence-electron chi connectivity index (χ1n) is 10.2. The predicted molar refractivity (Wildman–Crippen MR) is 108 cm³/mol. The van der Waals surface area contributed by atoms with Crippen molar-refractivity contribution < 1.29 is 14.4 Å². The zero-order chi connectivity index (χ0) is 20.6. The molecule has 0 unspecified atom stereocenters. The fourth-order valence-electron chi connectivity index (χ4n) is 4.62. The van der Waals surface area contributed by atoms with Gasteiger partial charge < -0.3 is 15.2 Å². The summed E-state index contributed by atoms with van der Waals surface area (Å²) in [5, 5.41) is 5.70. The Morgan fingerprint density at radius 3 is 2.90 bits per heavy atom. The van der Waals surface area contributed by atoms with Gasteiger partial charge >= 0.3 is 6.03 Å². The highest BCUT2D eigenvalue weighted by atomic mass is 16.2. The van der Waals surface area contributed by atoms with Gasteiger partial charge in [-0.05, 0) is 37.8 Å². The van der Waals surface area contributed by atoms with Gasteiger partial charge in [-0.25, -0.2) is 9.78 Å². The molecule has 29 heavy (non-hydrogen) atoms. The molecule has 0 radical (unpaired) electrons. The van der Waals surface area contributed by atoms with Crippen LogP contribution in [0.25, 0.3) is 11.0 Å². The van der Waals surface area contributed by atoms with Gasteiger partial charge in [-0.1, -0.05) is 31.9 Å². The van der Waals surface area contributed by atoms with E-state index in [9.17, 15) is 14.4 Å². The molecule has 2 atom stereocenters. The number of nitrogens with zero attached hydrogens (tertiary/aromatic N) is 3. The molecule has 1 aromatic heterocycles. The van der Waals surface area contributed by atoms with Gasteiger partial charge in [0.2, 0.25) is 5.91 Å². The molecule has 154 valence electrons. The summed E-state index contributed by atoms with van der Waals surface area (Å²) in [7, 11) is 0. The molecule has 4 rings (SSSR count). The van der Waals surface area contributed by atoms with Crippen LogP contribution in [0.15, 0.2) is 24.3 Å². The molecule has 2 aromatic rings. The molecule has 8 heteroatoms. The van der Waals surface area contributed by atoms with E-state index in [2.05, 4.69) is 15.6 Å². The summed E-state index contributed by atoms with van der Waals surface area (Å²) in [5.41, 5.74) is 1.10. The van der Waals surface area contributed by atoms with E-state index in [0.29, 0.717) is 19.5 Å². The number of imide groups is 1. The molecule has 2 heterocycles. The van der Waals surface area contributed by atoms with E-state index in [0.717, 1.165) is 41.0 Å². The molecule has 4 amide bonds.